The van der Waals surface area contributed by atoms with Gasteiger partial charge in [-0.15, -0.1) is 11.8 Å². The van der Waals surface area contributed by atoms with Gasteiger partial charge in [0.15, 0.2) is 0 Å². The largest absolute Gasteiger partial charge is 0.497 e. The van der Waals surface area contributed by atoms with Crippen molar-refractivity contribution in [3.8, 4) is 5.75 Å². The maximum atomic E-state index is 12.2. The fraction of sp³-hybridized carbons (Fsp3) is 0.421. The number of methoxy groups -OCH3 is 1. The van der Waals surface area contributed by atoms with Gasteiger partial charge in [-0.25, -0.2) is 9.97 Å². The van der Waals surface area contributed by atoms with Crippen LogP contribution in [0.2, 0.25) is 0 Å². The number of rotatable bonds is 7. The Morgan fingerprint density at radius 1 is 1.27 bits per heavy atom. The number of ether oxygens (including phenoxy) is 1. The first kappa shape index (κ1) is 17.1. The Kier molecular flexibility index (Phi) is 4.97. The van der Waals surface area contributed by atoms with Gasteiger partial charge in [0.05, 0.1) is 7.11 Å². The number of aromatic nitrogens is 2. The van der Waals surface area contributed by atoms with Gasteiger partial charge in [-0.2, -0.15) is 0 Å². The highest BCUT2D eigenvalue weighted by molar-refractivity contribution is 7.99. The minimum Gasteiger partial charge on any atom is -0.497 e. The Morgan fingerprint density at radius 3 is 2.81 bits per heavy atom. The van der Waals surface area contributed by atoms with E-state index in [4.69, 9.17) is 9.72 Å². The van der Waals surface area contributed by atoms with Gasteiger partial charge in [0.25, 0.3) is 5.91 Å². The van der Waals surface area contributed by atoms with Crippen LogP contribution in [0.1, 0.15) is 40.6 Å². The van der Waals surface area contributed by atoms with E-state index < -0.39 is 0 Å². The second kappa shape index (κ2) is 7.53. The summed E-state index contributed by atoms with van der Waals surface area (Å²) in [6.45, 7) is 1.43. The minimum atomic E-state index is -0.0776. The van der Waals surface area contributed by atoms with E-state index in [1.807, 2.05) is 12.1 Å². The quantitative estimate of drug-likeness (QED) is 0.577. The molecule has 2 aliphatic rings. The molecule has 26 heavy (non-hydrogen) atoms. The minimum absolute atomic E-state index is 0.0776. The Bertz CT molecular complexity index is 806. The lowest BCUT2D eigenvalue weighted by Gasteiger charge is -2.20. The summed E-state index contributed by atoms with van der Waals surface area (Å²) in [4.78, 5) is 22.6. The van der Waals surface area contributed by atoms with Gasteiger partial charge in [0.2, 0.25) is 0 Å². The van der Waals surface area contributed by atoms with Crippen molar-refractivity contribution < 1.29 is 9.53 Å². The van der Waals surface area contributed by atoms with Crippen LogP contribution in [-0.4, -0.2) is 41.8 Å². The molecule has 0 unspecified atom stereocenters. The fourth-order valence-corrected chi connectivity index (χ4v) is 3.76. The summed E-state index contributed by atoms with van der Waals surface area (Å²) in [5.41, 5.74) is 1.51. The number of hydrogen-bond acceptors (Lipinski definition) is 6. The van der Waals surface area contributed by atoms with E-state index in [1.165, 1.54) is 4.90 Å². The van der Waals surface area contributed by atoms with E-state index in [1.54, 1.807) is 18.9 Å². The van der Waals surface area contributed by atoms with Crippen molar-refractivity contribution in [2.45, 2.75) is 30.1 Å². The van der Waals surface area contributed by atoms with Crippen LogP contribution in [-0.2, 0) is 6.42 Å². The van der Waals surface area contributed by atoms with Gasteiger partial charge in [-0.3, -0.25) is 4.79 Å². The molecule has 2 N–H and O–H groups in total. The lowest BCUT2D eigenvalue weighted by Crippen LogP contribution is -2.34. The number of hydrogen-bond donors (Lipinski definition) is 2. The molecule has 7 heteroatoms. The summed E-state index contributed by atoms with van der Waals surface area (Å²) in [5.74, 6) is 3.77. The van der Waals surface area contributed by atoms with Crippen molar-refractivity contribution in [2.75, 3.05) is 31.3 Å². The number of amides is 1. The van der Waals surface area contributed by atoms with Gasteiger partial charge in [0.1, 0.15) is 23.1 Å². The average Bonchev–Trinajstić information content (AvgIpc) is 3.51. The van der Waals surface area contributed by atoms with Gasteiger partial charge in [-0.05, 0) is 43.5 Å². The summed E-state index contributed by atoms with van der Waals surface area (Å²) < 4.78 is 5.18. The molecule has 0 atom stereocenters. The number of nitrogens with one attached hydrogen (secondary N) is 2. The highest BCUT2D eigenvalue weighted by atomic mass is 32.2. The van der Waals surface area contributed by atoms with E-state index in [0.29, 0.717) is 18.2 Å². The molecule has 1 aliphatic carbocycles. The molecular formula is C19H22N4O2S. The first-order valence-corrected chi connectivity index (χ1v) is 9.93. The number of carbonyl (C=O) groups excluding carboxylic acids is 1. The molecule has 0 radical (unpaired) electrons. The molecule has 0 bridgehead atoms. The Balaban J connectivity index is 1.41. The maximum absolute atomic E-state index is 12.2. The van der Waals surface area contributed by atoms with Crippen molar-refractivity contribution in [1.29, 1.82) is 0 Å². The summed E-state index contributed by atoms with van der Waals surface area (Å²) in [6.07, 6.45) is 3.01. The van der Waals surface area contributed by atoms with Crippen LogP contribution < -0.4 is 15.4 Å². The molecule has 2 aromatic rings. The lowest BCUT2D eigenvalue weighted by atomic mass is 10.1. The molecule has 2 heterocycles. The molecule has 1 aromatic carbocycles. The first-order valence-electron chi connectivity index (χ1n) is 8.94. The zero-order chi connectivity index (χ0) is 17.9. The van der Waals surface area contributed by atoms with Gasteiger partial charge in [0, 0.05) is 35.2 Å². The predicted octanol–water partition coefficient (Wildman–Crippen LogP) is 2.85. The summed E-state index contributed by atoms with van der Waals surface area (Å²) >= 11 is 1.78. The number of fused-ring (bicyclic) bond motifs is 1. The third-order valence-corrected chi connectivity index (χ3v) is 5.58. The summed E-state index contributed by atoms with van der Waals surface area (Å²) in [5, 5.41) is 6.31. The summed E-state index contributed by atoms with van der Waals surface area (Å²) in [7, 11) is 1.67. The molecule has 0 spiro atoms. The SMILES string of the molecule is COc1ccc(SCCNc2nc(C3CC3)nc3c2CCNC3=O)cc1. The van der Waals surface area contributed by atoms with Crippen LogP contribution in [0.5, 0.6) is 5.75 Å². The summed E-state index contributed by atoms with van der Waals surface area (Å²) in [6, 6.07) is 8.06. The van der Waals surface area contributed by atoms with E-state index >= 15 is 0 Å². The fourth-order valence-electron chi connectivity index (χ4n) is 2.99. The van der Waals surface area contributed by atoms with Gasteiger partial charge >= 0.3 is 0 Å². The van der Waals surface area contributed by atoms with E-state index in [9.17, 15) is 4.79 Å². The standard InChI is InChI=1S/C19H22N4O2S/c1-25-13-4-6-14(7-5-13)26-11-10-20-18-15-8-9-21-19(24)16(15)22-17(23-18)12-2-3-12/h4-7,12H,2-3,8-11H2,1H3,(H,21,24)(H,20,22,23). The number of thioether (sulfide) groups is 1. The Morgan fingerprint density at radius 2 is 2.08 bits per heavy atom. The molecule has 6 nitrogen and oxygen atoms in total. The first-order chi connectivity index (χ1) is 12.7. The maximum Gasteiger partial charge on any atom is 0.270 e. The van der Waals surface area contributed by atoms with Gasteiger partial charge < -0.3 is 15.4 Å². The van der Waals surface area contributed by atoms with Gasteiger partial charge in [-0.1, -0.05) is 0 Å². The second-order valence-electron chi connectivity index (χ2n) is 6.49. The van der Waals surface area contributed by atoms with Crippen molar-refractivity contribution >= 4 is 23.5 Å². The molecule has 0 saturated heterocycles. The number of anilines is 1. The second-order valence-corrected chi connectivity index (χ2v) is 7.66. The third-order valence-electron chi connectivity index (χ3n) is 4.57. The zero-order valence-corrected chi connectivity index (χ0v) is 15.6. The van der Waals surface area contributed by atoms with Crippen molar-refractivity contribution in [3.05, 3.63) is 41.3 Å². The average molecular weight is 370 g/mol. The van der Waals surface area contributed by atoms with E-state index in [2.05, 4.69) is 27.8 Å². The molecule has 1 aliphatic heterocycles. The Hall–Kier alpha value is -2.28. The van der Waals surface area contributed by atoms with Crippen LogP contribution in [0.4, 0.5) is 5.82 Å². The lowest BCUT2D eigenvalue weighted by molar-refractivity contribution is 0.0940. The smallest absolute Gasteiger partial charge is 0.270 e. The number of nitrogens with zero attached hydrogens (tertiary/aromatic N) is 2. The monoisotopic (exact) mass is 370 g/mol. The molecule has 4 rings (SSSR count). The molecule has 136 valence electrons. The van der Waals surface area contributed by atoms with Crippen LogP contribution in [0.15, 0.2) is 29.2 Å². The molecule has 1 saturated carbocycles. The molecular weight excluding hydrogens is 348 g/mol. The number of benzene rings is 1. The van der Waals surface area contributed by atoms with E-state index in [0.717, 1.165) is 54.5 Å². The molecule has 1 fully saturated rings. The van der Waals surface area contributed by atoms with E-state index in [-0.39, 0.29) is 5.91 Å². The topological polar surface area (TPSA) is 76.1 Å². The van der Waals surface area contributed by atoms with Crippen molar-refractivity contribution in [3.63, 3.8) is 0 Å². The van der Waals surface area contributed by atoms with Crippen LogP contribution in [0, 0.1) is 0 Å². The highest BCUT2D eigenvalue weighted by Crippen LogP contribution is 2.39. The third kappa shape index (κ3) is 3.77. The zero-order valence-electron chi connectivity index (χ0n) is 14.7. The van der Waals surface area contributed by atoms with Crippen LogP contribution in [0.3, 0.4) is 0 Å². The molecule has 1 aromatic heterocycles. The number of carbonyl (C=O) groups is 1. The van der Waals surface area contributed by atoms with Crippen LogP contribution in [0.25, 0.3) is 0 Å². The normalized spacial score (nSPS) is 16.0. The van der Waals surface area contributed by atoms with Crippen molar-refractivity contribution in [1.82, 2.24) is 15.3 Å². The highest BCUT2D eigenvalue weighted by Gasteiger charge is 2.31. The Labute approximate surface area is 157 Å². The van der Waals surface area contributed by atoms with Crippen LogP contribution >= 0.6 is 11.8 Å². The molecule has 1 amide bonds. The van der Waals surface area contributed by atoms with Crippen molar-refractivity contribution in [2.24, 2.45) is 0 Å². The predicted molar refractivity (Wildman–Crippen MR) is 102 cm³/mol.